The fourth-order valence-electron chi connectivity index (χ4n) is 5.63. The van der Waals surface area contributed by atoms with Crippen LogP contribution in [0, 0.1) is 22.7 Å². The molecule has 0 radical (unpaired) electrons. The molecule has 2 fully saturated rings. The Balaban J connectivity index is 1.69. The molecule has 3 aliphatic rings. The molecule has 4 rings (SSSR count). The first-order valence-electron chi connectivity index (χ1n) is 9.05. The number of carbonyl (C=O) groups excluding carboxylic acids is 1. The van der Waals surface area contributed by atoms with Gasteiger partial charge in [0.2, 0.25) is 0 Å². The van der Waals surface area contributed by atoms with Gasteiger partial charge in [-0.1, -0.05) is 19.9 Å². The van der Waals surface area contributed by atoms with Gasteiger partial charge < -0.3 is 14.3 Å². The Morgan fingerprint density at radius 2 is 2.25 bits per heavy atom. The summed E-state index contributed by atoms with van der Waals surface area (Å²) in [6.45, 7) is 5.12. The third-order valence-corrected chi connectivity index (χ3v) is 7.19. The lowest BCUT2D eigenvalue weighted by atomic mass is 9.46. The maximum absolute atomic E-state index is 12.2. The zero-order chi connectivity index (χ0) is 16.9. The zero-order valence-corrected chi connectivity index (χ0v) is 14.5. The van der Waals surface area contributed by atoms with E-state index in [4.69, 9.17) is 9.15 Å². The van der Waals surface area contributed by atoms with Crippen LogP contribution in [-0.4, -0.2) is 17.7 Å². The first-order valence-corrected chi connectivity index (χ1v) is 9.05. The van der Waals surface area contributed by atoms with Crippen molar-refractivity contribution < 1.29 is 19.1 Å². The highest BCUT2D eigenvalue weighted by Crippen LogP contribution is 2.64. The molecule has 1 N–H and O–H groups in total. The number of ether oxygens (including phenoxy) is 1. The number of hydrogen-bond donors (Lipinski definition) is 1. The Bertz CT molecular complexity index is 661. The molecule has 0 aromatic carbocycles. The van der Waals surface area contributed by atoms with Crippen molar-refractivity contribution in [1.29, 1.82) is 0 Å². The predicted molar refractivity (Wildman–Crippen MR) is 89.0 cm³/mol. The molecule has 4 heteroatoms. The van der Waals surface area contributed by atoms with E-state index in [1.807, 2.05) is 6.07 Å². The number of esters is 1. The van der Waals surface area contributed by atoms with Crippen molar-refractivity contribution in [1.82, 2.24) is 0 Å². The van der Waals surface area contributed by atoms with Crippen molar-refractivity contribution in [3.05, 3.63) is 35.8 Å². The number of cyclic esters (lactones) is 1. The monoisotopic (exact) mass is 330 g/mol. The van der Waals surface area contributed by atoms with Crippen LogP contribution in [0.2, 0.25) is 0 Å². The summed E-state index contributed by atoms with van der Waals surface area (Å²) < 4.78 is 10.6. The fraction of sp³-hybridized carbons (Fsp3) is 0.650. The highest BCUT2D eigenvalue weighted by Gasteiger charge is 2.61. The van der Waals surface area contributed by atoms with E-state index >= 15 is 0 Å². The lowest BCUT2D eigenvalue weighted by molar-refractivity contribution is -0.135. The second-order valence-corrected chi connectivity index (χ2v) is 8.20. The molecular formula is C20H26O4. The number of aliphatic hydroxyl groups excluding tert-OH is 1. The molecule has 24 heavy (non-hydrogen) atoms. The largest absolute Gasteiger partial charge is 0.472 e. The van der Waals surface area contributed by atoms with Crippen LogP contribution in [0.5, 0.6) is 0 Å². The van der Waals surface area contributed by atoms with Gasteiger partial charge in [-0.15, -0.1) is 0 Å². The molecule has 5 atom stereocenters. The molecular weight excluding hydrogens is 304 g/mol. The second kappa shape index (κ2) is 5.48. The van der Waals surface area contributed by atoms with E-state index in [0.717, 1.165) is 36.8 Å². The van der Waals surface area contributed by atoms with E-state index in [1.54, 1.807) is 12.5 Å². The van der Waals surface area contributed by atoms with E-state index in [0.29, 0.717) is 24.9 Å². The summed E-state index contributed by atoms with van der Waals surface area (Å²) in [5, 5.41) is 10.8. The van der Waals surface area contributed by atoms with Gasteiger partial charge in [0, 0.05) is 16.6 Å². The number of furan rings is 1. The topological polar surface area (TPSA) is 59.7 Å². The molecule has 130 valence electrons. The summed E-state index contributed by atoms with van der Waals surface area (Å²) in [6, 6.07) is 1.84. The van der Waals surface area contributed by atoms with Gasteiger partial charge in [0.15, 0.2) is 0 Å². The van der Waals surface area contributed by atoms with Crippen LogP contribution in [0.15, 0.2) is 34.7 Å². The molecule has 1 aliphatic heterocycles. The van der Waals surface area contributed by atoms with Crippen LogP contribution < -0.4 is 0 Å². The van der Waals surface area contributed by atoms with Crippen LogP contribution in [0.25, 0.3) is 0 Å². The standard InChI is InChI=1S/C20H26O4/c1-13-6-8-20-12-24-18(22)15(20)4-3-5-17(20)19(13,2)10-16(21)14-7-9-23-11-14/h4,7,9,11,13,16-17,21H,3,5-6,8,10,12H2,1-2H3/t13-,16+,17-,19+,20-/m1/s1. The van der Waals surface area contributed by atoms with E-state index in [9.17, 15) is 9.90 Å². The van der Waals surface area contributed by atoms with Crippen molar-refractivity contribution in [3.8, 4) is 0 Å². The van der Waals surface area contributed by atoms with Crippen molar-refractivity contribution in [2.45, 2.75) is 52.1 Å². The summed E-state index contributed by atoms with van der Waals surface area (Å²) in [5.74, 6) is 0.762. The van der Waals surface area contributed by atoms with Gasteiger partial charge in [-0.25, -0.2) is 4.79 Å². The molecule has 0 unspecified atom stereocenters. The van der Waals surface area contributed by atoms with Gasteiger partial charge in [-0.05, 0) is 55.4 Å². The average Bonchev–Trinajstić information content (AvgIpc) is 3.20. The maximum Gasteiger partial charge on any atom is 0.334 e. The van der Waals surface area contributed by atoms with Crippen molar-refractivity contribution in [2.75, 3.05) is 6.61 Å². The third kappa shape index (κ3) is 2.12. The Morgan fingerprint density at radius 1 is 1.42 bits per heavy atom. The first-order chi connectivity index (χ1) is 11.5. The molecule has 1 aromatic heterocycles. The summed E-state index contributed by atoms with van der Waals surface area (Å²) in [7, 11) is 0. The van der Waals surface area contributed by atoms with E-state index in [-0.39, 0.29) is 16.8 Å². The van der Waals surface area contributed by atoms with E-state index in [2.05, 4.69) is 19.9 Å². The van der Waals surface area contributed by atoms with E-state index < -0.39 is 6.10 Å². The normalized spacial score (nSPS) is 39.6. The van der Waals surface area contributed by atoms with Gasteiger partial charge in [0.05, 0.1) is 18.6 Å². The van der Waals surface area contributed by atoms with E-state index in [1.165, 1.54) is 0 Å². The minimum atomic E-state index is -0.529. The Kier molecular flexibility index (Phi) is 3.64. The van der Waals surface area contributed by atoms with Gasteiger partial charge >= 0.3 is 5.97 Å². The van der Waals surface area contributed by atoms with Gasteiger partial charge in [-0.3, -0.25) is 0 Å². The lowest BCUT2D eigenvalue weighted by Gasteiger charge is -2.56. The molecule has 1 saturated heterocycles. The molecule has 2 heterocycles. The molecule has 0 bridgehead atoms. The third-order valence-electron chi connectivity index (χ3n) is 7.19. The summed E-state index contributed by atoms with van der Waals surface area (Å²) in [4.78, 5) is 12.2. The highest BCUT2D eigenvalue weighted by molar-refractivity contribution is 5.92. The predicted octanol–water partition coefficient (Wildman–Crippen LogP) is 4.02. The number of aliphatic hydroxyl groups is 1. The van der Waals surface area contributed by atoms with Crippen LogP contribution in [0.1, 0.15) is 57.6 Å². The number of rotatable bonds is 3. The van der Waals surface area contributed by atoms with Gasteiger partial charge in [0.25, 0.3) is 0 Å². The minimum absolute atomic E-state index is 0.0254. The molecule has 4 nitrogen and oxygen atoms in total. The molecule has 0 amide bonds. The number of hydrogen-bond acceptors (Lipinski definition) is 4. The van der Waals surface area contributed by atoms with Crippen molar-refractivity contribution in [3.63, 3.8) is 0 Å². The number of allylic oxidation sites excluding steroid dienone is 1. The van der Waals surface area contributed by atoms with Crippen molar-refractivity contribution in [2.24, 2.45) is 22.7 Å². The van der Waals surface area contributed by atoms with Crippen LogP contribution >= 0.6 is 0 Å². The second-order valence-electron chi connectivity index (χ2n) is 8.20. The Labute approximate surface area is 142 Å². The highest BCUT2D eigenvalue weighted by atomic mass is 16.5. The summed E-state index contributed by atoms with van der Waals surface area (Å²) in [6.07, 6.45) is 9.60. The first kappa shape index (κ1) is 15.9. The van der Waals surface area contributed by atoms with Gasteiger partial charge in [0.1, 0.15) is 6.61 Å². The Morgan fingerprint density at radius 3 is 3.00 bits per heavy atom. The minimum Gasteiger partial charge on any atom is -0.472 e. The van der Waals surface area contributed by atoms with Crippen LogP contribution in [0.4, 0.5) is 0 Å². The molecule has 2 aliphatic carbocycles. The van der Waals surface area contributed by atoms with Crippen LogP contribution in [0.3, 0.4) is 0 Å². The zero-order valence-electron chi connectivity index (χ0n) is 14.5. The summed E-state index contributed by atoms with van der Waals surface area (Å²) >= 11 is 0. The SMILES string of the molecule is C[C@@H]1CC[C@@]23COC(=O)C2=CCC[C@@H]3[C@@]1(C)C[C@H](O)c1ccoc1. The maximum atomic E-state index is 12.2. The average molecular weight is 330 g/mol. The molecule has 1 spiro atoms. The lowest BCUT2D eigenvalue weighted by Crippen LogP contribution is -2.52. The smallest absolute Gasteiger partial charge is 0.334 e. The summed E-state index contributed by atoms with van der Waals surface area (Å²) in [5.41, 5.74) is 1.60. The fourth-order valence-corrected chi connectivity index (χ4v) is 5.63. The van der Waals surface area contributed by atoms with Crippen LogP contribution in [-0.2, 0) is 9.53 Å². The molecule has 1 saturated carbocycles. The number of carbonyl (C=O) groups is 1. The van der Waals surface area contributed by atoms with Gasteiger partial charge in [-0.2, -0.15) is 0 Å². The van der Waals surface area contributed by atoms with Crippen molar-refractivity contribution >= 4 is 5.97 Å². The Hall–Kier alpha value is -1.55. The molecule has 1 aromatic rings. The quantitative estimate of drug-likeness (QED) is 0.850.